The maximum Gasteiger partial charge on any atom is 0.319 e. The van der Waals surface area contributed by atoms with E-state index in [2.05, 4.69) is 89.4 Å². The molecule has 2 aliphatic heterocycles. The molecule has 1 aliphatic carbocycles. The first-order chi connectivity index (χ1) is 29.6. The lowest BCUT2D eigenvalue weighted by molar-refractivity contribution is -0.143. The van der Waals surface area contributed by atoms with Crippen LogP contribution in [-0.2, 0) is 20.7 Å². The fourth-order valence-electron chi connectivity index (χ4n) is 9.74. The van der Waals surface area contributed by atoms with Gasteiger partial charge in [-0.05, 0) is 123 Å². The third kappa shape index (κ3) is 11.6. The number of fused-ring (bicyclic) bond motifs is 5. The first-order valence-electron chi connectivity index (χ1n) is 23.5. The van der Waals surface area contributed by atoms with Gasteiger partial charge in [0.15, 0.2) is 5.78 Å². The van der Waals surface area contributed by atoms with Gasteiger partial charge in [0.05, 0.1) is 5.69 Å². The van der Waals surface area contributed by atoms with E-state index in [4.69, 9.17) is 4.74 Å². The molecular weight excluding hydrogens is 771 g/mol. The summed E-state index contributed by atoms with van der Waals surface area (Å²) in [6, 6.07) is 0. The summed E-state index contributed by atoms with van der Waals surface area (Å²) in [4.78, 5) is 47.5. The Labute approximate surface area is 371 Å². The van der Waals surface area contributed by atoms with Gasteiger partial charge in [0.2, 0.25) is 0 Å². The number of nitrogens with one attached hydrogen (secondary N) is 3. The summed E-state index contributed by atoms with van der Waals surface area (Å²) in [6.45, 7) is 26.1. The van der Waals surface area contributed by atoms with Crippen LogP contribution < -0.4 is 16.0 Å². The first kappa shape index (κ1) is 48.2. The van der Waals surface area contributed by atoms with Crippen molar-refractivity contribution in [2.75, 3.05) is 6.61 Å². The standard InChI is InChI=1S/C54H75N3O5/c1-12-40-24-27-43-37(9)41(13-2)46(55-43)31-45-39(11)48-52(57-45)49(50(53(48)59)54(60)61)51-42(38(10)44(56-51)26-23-36(40)8)25-28-47(58)62-30-29-35(7)22-16-21-34(6)20-15-19-33(5)18-14-17-32(3)4/h12,23-24,26-27,29,31-34,38,42,50,55-57H,1,13-22,25,28,30H2,2-11H3,(H,60,61)/b35-29+,36-23+,40-24+,43-27-,44-26-,46-31-,51-49-/t33-,34-,38+,42+,50-/m1/s1. The van der Waals surface area contributed by atoms with E-state index in [-0.39, 0.29) is 30.8 Å². The zero-order valence-corrected chi connectivity index (χ0v) is 39.5. The van der Waals surface area contributed by atoms with Crippen molar-refractivity contribution >= 4 is 35.4 Å². The van der Waals surface area contributed by atoms with Crippen molar-refractivity contribution in [1.29, 1.82) is 0 Å². The monoisotopic (exact) mass is 846 g/mol. The van der Waals surface area contributed by atoms with Gasteiger partial charge in [-0.25, -0.2) is 0 Å². The van der Waals surface area contributed by atoms with Gasteiger partial charge in [0, 0.05) is 57.2 Å². The topological polar surface area (TPSA) is 124 Å². The number of Topliss-reactive ketones (excluding diaryl/α,β-unsaturated/α-hetero) is 1. The molecular formula is C54H75N3O5. The molecule has 5 atom stereocenters. The lowest BCUT2D eigenvalue weighted by atomic mass is 9.85. The molecule has 0 amide bonds. The molecule has 0 spiro atoms. The van der Waals surface area contributed by atoms with E-state index >= 15 is 0 Å². The Hall–Kier alpha value is -4.85. The summed E-state index contributed by atoms with van der Waals surface area (Å²) in [6.07, 6.45) is 26.8. The fourth-order valence-corrected chi connectivity index (χ4v) is 9.74. The molecule has 62 heavy (non-hydrogen) atoms. The predicted molar refractivity (Wildman–Crippen MR) is 255 cm³/mol. The number of allylic oxidation sites excluding steroid dienone is 9. The van der Waals surface area contributed by atoms with Crippen molar-refractivity contribution in [2.24, 2.45) is 35.5 Å². The number of aromatic nitrogens is 2. The number of aliphatic carboxylic acids is 1. The van der Waals surface area contributed by atoms with Crippen LogP contribution in [0.5, 0.6) is 0 Å². The average Bonchev–Trinajstić information content (AvgIpc) is 3.90. The number of hydrogen-bond acceptors (Lipinski definition) is 5. The third-order valence-electron chi connectivity index (χ3n) is 13.8. The highest BCUT2D eigenvalue weighted by Crippen LogP contribution is 2.47. The number of carboxylic acid groups (broad SMARTS) is 1. The van der Waals surface area contributed by atoms with Crippen LogP contribution in [0, 0.1) is 49.4 Å². The maximum absolute atomic E-state index is 14.1. The number of ketones is 1. The van der Waals surface area contributed by atoms with Crippen molar-refractivity contribution < 1.29 is 24.2 Å². The second-order valence-electron chi connectivity index (χ2n) is 19.0. The van der Waals surface area contributed by atoms with E-state index in [0.717, 1.165) is 69.9 Å². The molecule has 0 aromatic carbocycles. The Bertz CT molecular complexity index is 2270. The molecule has 0 saturated carbocycles. The minimum Gasteiger partial charge on any atom is -0.480 e. The van der Waals surface area contributed by atoms with Gasteiger partial charge in [0.1, 0.15) is 12.5 Å². The number of carbonyl (C=O) groups is 3. The Balaban J connectivity index is 1.32. The second kappa shape index (κ2) is 22.0. The summed E-state index contributed by atoms with van der Waals surface area (Å²) < 4.78 is 5.75. The van der Waals surface area contributed by atoms with Crippen molar-refractivity contribution in [3.63, 3.8) is 0 Å². The van der Waals surface area contributed by atoms with Crippen LogP contribution in [0.15, 0.2) is 65.1 Å². The summed E-state index contributed by atoms with van der Waals surface area (Å²) in [7, 11) is 0. The van der Waals surface area contributed by atoms with E-state index in [9.17, 15) is 19.5 Å². The SMILES string of the molecule is C=CC1=C\C=c2/[nH]/c(c(CC)c2C)=C\c2[nH]c3c(c2C)C(=O)[C@H](C(=O)O)/C3=C2/N/C(=C\C=C\1C)[C@@H](C)[C@@H]2CCC(=O)OC/C=C(\C)CCC[C@H](C)CCC[C@H](C)CCCC(C)C. The number of aromatic amines is 2. The highest BCUT2D eigenvalue weighted by molar-refractivity contribution is 6.24. The van der Waals surface area contributed by atoms with E-state index in [0.29, 0.717) is 40.4 Å². The molecule has 6 bridgehead atoms. The Kier molecular flexibility index (Phi) is 17.1. The molecule has 5 rings (SSSR count). The molecule has 2 aromatic rings. The zero-order valence-electron chi connectivity index (χ0n) is 39.5. The zero-order chi connectivity index (χ0) is 45.2. The van der Waals surface area contributed by atoms with Crippen LogP contribution in [0.2, 0.25) is 0 Å². The normalized spacial score (nSPS) is 24.6. The fraction of sp³-hybridized carbons (Fsp3) is 0.537. The summed E-state index contributed by atoms with van der Waals surface area (Å²) in [5.41, 5.74) is 9.93. The highest BCUT2D eigenvalue weighted by atomic mass is 16.5. The average molecular weight is 846 g/mol. The number of rotatable bonds is 20. The van der Waals surface area contributed by atoms with E-state index in [1.165, 1.54) is 56.1 Å². The smallest absolute Gasteiger partial charge is 0.319 e. The minimum atomic E-state index is -1.37. The molecule has 336 valence electrons. The molecule has 3 aliphatic rings. The predicted octanol–water partition coefficient (Wildman–Crippen LogP) is 11.3. The Morgan fingerprint density at radius 2 is 1.56 bits per heavy atom. The molecule has 0 unspecified atom stereocenters. The maximum atomic E-state index is 14.1. The first-order valence-corrected chi connectivity index (χ1v) is 23.5. The summed E-state index contributed by atoms with van der Waals surface area (Å²) in [5.74, 6) is -1.31. The quantitative estimate of drug-likeness (QED) is 0.0598. The second-order valence-corrected chi connectivity index (χ2v) is 19.0. The molecule has 4 N–H and O–H groups in total. The van der Waals surface area contributed by atoms with Gasteiger partial charge >= 0.3 is 11.9 Å². The van der Waals surface area contributed by atoms with Crippen LogP contribution in [0.4, 0.5) is 0 Å². The molecule has 1 saturated heterocycles. The molecule has 0 radical (unpaired) electrons. The van der Waals surface area contributed by atoms with Crippen LogP contribution in [0.3, 0.4) is 0 Å². The van der Waals surface area contributed by atoms with Crippen LogP contribution in [0.25, 0.3) is 17.7 Å². The van der Waals surface area contributed by atoms with Crippen LogP contribution in [-0.4, -0.2) is 39.4 Å². The van der Waals surface area contributed by atoms with Gasteiger partial charge in [0.25, 0.3) is 0 Å². The van der Waals surface area contributed by atoms with Gasteiger partial charge < -0.3 is 25.1 Å². The van der Waals surface area contributed by atoms with Crippen LogP contribution >= 0.6 is 0 Å². The number of hydrogen-bond donors (Lipinski definition) is 4. The number of carbonyl (C=O) groups excluding carboxylic acids is 2. The van der Waals surface area contributed by atoms with Crippen LogP contribution in [0.1, 0.15) is 164 Å². The third-order valence-corrected chi connectivity index (χ3v) is 13.8. The summed E-state index contributed by atoms with van der Waals surface area (Å²) >= 11 is 0. The highest BCUT2D eigenvalue weighted by Gasteiger charge is 2.48. The van der Waals surface area contributed by atoms with Gasteiger partial charge in [-0.2, -0.15) is 0 Å². The Morgan fingerprint density at radius 1 is 0.887 bits per heavy atom. The van der Waals surface area contributed by atoms with E-state index in [1.54, 1.807) is 0 Å². The Morgan fingerprint density at radius 3 is 2.21 bits per heavy atom. The number of carboxylic acids is 1. The van der Waals surface area contributed by atoms with Crippen molar-refractivity contribution in [3.8, 4) is 0 Å². The molecule has 4 heterocycles. The van der Waals surface area contributed by atoms with Crippen molar-refractivity contribution in [1.82, 2.24) is 15.3 Å². The lowest BCUT2D eigenvalue weighted by Gasteiger charge is -2.19. The van der Waals surface area contributed by atoms with E-state index < -0.39 is 17.7 Å². The van der Waals surface area contributed by atoms with E-state index in [1.807, 2.05) is 44.2 Å². The lowest BCUT2D eigenvalue weighted by Crippen LogP contribution is -2.24. The molecule has 2 aromatic heterocycles. The van der Waals surface area contributed by atoms with Gasteiger partial charge in [-0.1, -0.05) is 117 Å². The molecule has 1 fully saturated rings. The number of esters is 1. The molecule has 8 heteroatoms. The minimum absolute atomic E-state index is 0.0978. The summed E-state index contributed by atoms with van der Waals surface area (Å²) in [5, 5.41) is 16.1. The largest absolute Gasteiger partial charge is 0.480 e. The van der Waals surface area contributed by atoms with Gasteiger partial charge in [-0.3, -0.25) is 14.4 Å². The molecule has 8 nitrogen and oxygen atoms in total. The van der Waals surface area contributed by atoms with Gasteiger partial charge in [-0.15, -0.1) is 0 Å². The van der Waals surface area contributed by atoms with Crippen molar-refractivity contribution in [3.05, 3.63) is 109 Å². The number of H-pyrrole nitrogens is 2. The van der Waals surface area contributed by atoms with Crippen molar-refractivity contribution in [2.45, 2.75) is 146 Å². The number of ether oxygens (including phenoxy) is 1.